The summed E-state index contributed by atoms with van der Waals surface area (Å²) in [4.78, 5) is 0. The van der Waals surface area contributed by atoms with Crippen molar-refractivity contribution in [3.8, 4) is 0 Å². The van der Waals surface area contributed by atoms with E-state index in [4.69, 9.17) is 0 Å². The lowest BCUT2D eigenvalue weighted by Gasteiger charge is -2.32. The first-order valence-corrected chi connectivity index (χ1v) is 5.42. The van der Waals surface area contributed by atoms with Gasteiger partial charge in [0.2, 0.25) is 0 Å². The summed E-state index contributed by atoms with van der Waals surface area (Å²) in [5.74, 6) is 0. The maximum absolute atomic E-state index is 9.79. The summed E-state index contributed by atoms with van der Waals surface area (Å²) in [6.45, 7) is 5.36. The first kappa shape index (κ1) is 10.6. The van der Waals surface area contributed by atoms with E-state index in [-0.39, 0.29) is 6.17 Å². The average Bonchev–Trinajstić information content (AvgIpc) is 2.20. The highest BCUT2D eigenvalue weighted by Crippen LogP contribution is 2.11. The molecule has 0 spiro atoms. The molecule has 0 aromatic heterocycles. The highest BCUT2D eigenvalue weighted by Gasteiger charge is 2.31. The first-order valence-electron chi connectivity index (χ1n) is 5.42. The lowest BCUT2D eigenvalue weighted by Crippen LogP contribution is -2.95. The molecular formula is C12H19N2O+. The molecule has 1 aromatic carbocycles. The molecule has 3 nitrogen and oxygen atoms in total. The minimum absolute atomic E-state index is 0.283. The molecule has 0 amide bonds. The fraction of sp³-hybridized carbons (Fsp3) is 0.500. The van der Waals surface area contributed by atoms with Crippen molar-refractivity contribution >= 4 is 0 Å². The van der Waals surface area contributed by atoms with Gasteiger partial charge in [-0.25, -0.2) is 0 Å². The quantitative estimate of drug-likeness (QED) is 0.603. The second-order valence-corrected chi connectivity index (χ2v) is 4.71. The van der Waals surface area contributed by atoms with Crippen LogP contribution in [-0.4, -0.2) is 23.8 Å². The Morgan fingerprint density at radius 2 is 2.07 bits per heavy atom. The Labute approximate surface area is 90.5 Å². The van der Waals surface area contributed by atoms with Gasteiger partial charge in [-0.15, -0.1) is 0 Å². The van der Waals surface area contributed by atoms with Crippen LogP contribution < -0.4 is 10.6 Å². The highest BCUT2D eigenvalue weighted by molar-refractivity contribution is 5.22. The van der Waals surface area contributed by atoms with E-state index in [1.807, 2.05) is 6.92 Å². The van der Waals surface area contributed by atoms with E-state index in [1.54, 1.807) is 0 Å². The zero-order valence-electron chi connectivity index (χ0n) is 9.33. The predicted molar refractivity (Wildman–Crippen MR) is 59.3 cm³/mol. The van der Waals surface area contributed by atoms with Crippen LogP contribution in [0.5, 0.6) is 0 Å². The van der Waals surface area contributed by atoms with E-state index in [0.717, 1.165) is 6.54 Å². The number of hydrogen-bond donors (Lipinski definition) is 3. The largest absolute Gasteiger partial charge is 0.383 e. The molecule has 0 saturated carbocycles. The smallest absolute Gasteiger partial charge is 0.166 e. The number of benzene rings is 1. The Kier molecular flexibility index (Phi) is 2.78. The molecule has 0 bridgehead atoms. The first-order chi connectivity index (χ1) is 7.07. The van der Waals surface area contributed by atoms with Gasteiger partial charge in [0.25, 0.3) is 0 Å². The van der Waals surface area contributed by atoms with Gasteiger partial charge in [0.05, 0.1) is 0 Å². The summed E-state index contributed by atoms with van der Waals surface area (Å²) in [5, 5.41) is 15.3. The van der Waals surface area contributed by atoms with Crippen molar-refractivity contribution < 1.29 is 10.4 Å². The molecule has 1 unspecified atom stereocenters. The standard InChI is InChI=1S/C12H18N2O/c1-9-3-5-10(6-4-9)11-13-7-12(2,15)8-14-11/h3-6,11,13-15H,7-8H2,1-2H3/p+1/t11-,12?. The van der Waals surface area contributed by atoms with Crippen molar-refractivity contribution in [3.05, 3.63) is 35.4 Å². The van der Waals surface area contributed by atoms with Crippen molar-refractivity contribution in [1.29, 1.82) is 0 Å². The Bertz CT molecular complexity index is 322. The van der Waals surface area contributed by atoms with E-state index in [2.05, 4.69) is 41.8 Å². The number of quaternary nitrogens is 1. The lowest BCUT2D eigenvalue weighted by atomic mass is 10.0. The van der Waals surface area contributed by atoms with E-state index in [9.17, 15) is 5.11 Å². The fourth-order valence-electron chi connectivity index (χ4n) is 1.88. The maximum Gasteiger partial charge on any atom is 0.166 e. The van der Waals surface area contributed by atoms with Crippen LogP contribution >= 0.6 is 0 Å². The Hall–Kier alpha value is -0.900. The molecule has 82 valence electrons. The fourth-order valence-corrected chi connectivity index (χ4v) is 1.88. The topological polar surface area (TPSA) is 48.9 Å². The lowest BCUT2D eigenvalue weighted by molar-refractivity contribution is -0.721. The zero-order chi connectivity index (χ0) is 10.9. The van der Waals surface area contributed by atoms with Gasteiger partial charge in [0, 0.05) is 12.1 Å². The number of rotatable bonds is 1. The van der Waals surface area contributed by atoms with Crippen LogP contribution in [-0.2, 0) is 0 Å². The van der Waals surface area contributed by atoms with Crippen LogP contribution in [0.4, 0.5) is 0 Å². The second kappa shape index (κ2) is 3.93. The zero-order valence-corrected chi connectivity index (χ0v) is 9.33. The SMILES string of the molecule is Cc1ccc([C@H]2NCC(C)(O)C[NH2+]2)cc1. The van der Waals surface area contributed by atoms with Crippen LogP contribution in [0, 0.1) is 6.92 Å². The molecule has 15 heavy (non-hydrogen) atoms. The molecule has 2 rings (SSSR count). The number of aliphatic hydroxyl groups is 1. The van der Waals surface area contributed by atoms with Crippen LogP contribution in [0.2, 0.25) is 0 Å². The number of aryl methyl sites for hydroxylation is 1. The van der Waals surface area contributed by atoms with E-state index in [0.29, 0.717) is 6.54 Å². The third-order valence-corrected chi connectivity index (χ3v) is 2.93. The molecular weight excluding hydrogens is 188 g/mol. The van der Waals surface area contributed by atoms with Gasteiger partial charge in [-0.2, -0.15) is 0 Å². The van der Waals surface area contributed by atoms with Crippen molar-refractivity contribution in [3.63, 3.8) is 0 Å². The summed E-state index contributed by atoms with van der Waals surface area (Å²) in [7, 11) is 0. The van der Waals surface area contributed by atoms with Crippen molar-refractivity contribution in [1.82, 2.24) is 5.32 Å². The van der Waals surface area contributed by atoms with Gasteiger partial charge in [-0.1, -0.05) is 29.8 Å². The van der Waals surface area contributed by atoms with Crippen LogP contribution in [0.3, 0.4) is 0 Å². The monoisotopic (exact) mass is 207 g/mol. The molecule has 0 aliphatic carbocycles. The third kappa shape index (κ3) is 2.56. The molecule has 4 N–H and O–H groups in total. The van der Waals surface area contributed by atoms with E-state index in [1.165, 1.54) is 11.1 Å². The summed E-state index contributed by atoms with van der Waals surface area (Å²) in [6, 6.07) is 8.53. The van der Waals surface area contributed by atoms with Gasteiger partial charge in [-0.3, -0.25) is 5.32 Å². The molecule has 1 saturated heterocycles. The van der Waals surface area contributed by atoms with Crippen LogP contribution in [0.25, 0.3) is 0 Å². The number of hydrogen-bond acceptors (Lipinski definition) is 2. The Balaban J connectivity index is 2.04. The summed E-state index contributed by atoms with van der Waals surface area (Å²) in [6.07, 6.45) is 0.283. The van der Waals surface area contributed by atoms with E-state index >= 15 is 0 Å². The van der Waals surface area contributed by atoms with Crippen molar-refractivity contribution in [2.75, 3.05) is 13.1 Å². The third-order valence-electron chi connectivity index (χ3n) is 2.93. The highest BCUT2D eigenvalue weighted by atomic mass is 16.3. The second-order valence-electron chi connectivity index (χ2n) is 4.71. The molecule has 3 heteroatoms. The minimum atomic E-state index is -0.582. The Morgan fingerprint density at radius 1 is 1.40 bits per heavy atom. The predicted octanol–water partition coefficient (Wildman–Crippen LogP) is -0.0888. The van der Waals surface area contributed by atoms with E-state index < -0.39 is 5.60 Å². The van der Waals surface area contributed by atoms with Gasteiger partial charge in [0.1, 0.15) is 12.1 Å². The molecule has 1 aliphatic heterocycles. The number of nitrogens with one attached hydrogen (secondary N) is 1. The summed E-state index contributed by atoms with van der Waals surface area (Å²) in [5.41, 5.74) is 1.97. The summed E-state index contributed by atoms with van der Waals surface area (Å²) < 4.78 is 0. The molecule has 1 heterocycles. The molecule has 0 radical (unpaired) electrons. The van der Waals surface area contributed by atoms with Gasteiger partial charge in [-0.05, 0) is 13.8 Å². The van der Waals surface area contributed by atoms with Gasteiger partial charge in [0.15, 0.2) is 6.17 Å². The molecule has 2 atom stereocenters. The van der Waals surface area contributed by atoms with Gasteiger partial charge >= 0.3 is 0 Å². The average molecular weight is 207 g/mol. The normalized spacial score (nSPS) is 31.5. The van der Waals surface area contributed by atoms with Crippen molar-refractivity contribution in [2.24, 2.45) is 0 Å². The number of nitrogens with two attached hydrogens (primary N) is 1. The minimum Gasteiger partial charge on any atom is -0.383 e. The molecule has 1 aliphatic rings. The van der Waals surface area contributed by atoms with Crippen molar-refractivity contribution in [2.45, 2.75) is 25.6 Å². The molecule has 1 aromatic rings. The maximum atomic E-state index is 9.79. The summed E-state index contributed by atoms with van der Waals surface area (Å²) >= 11 is 0. The van der Waals surface area contributed by atoms with Crippen LogP contribution in [0.15, 0.2) is 24.3 Å². The number of β-amino-alcohol motifs (C(OH)–C–C–N with tert-alkyl or cyclic N) is 1. The van der Waals surface area contributed by atoms with Crippen LogP contribution in [0.1, 0.15) is 24.2 Å². The van der Waals surface area contributed by atoms with Gasteiger partial charge < -0.3 is 10.4 Å². The Morgan fingerprint density at radius 3 is 2.60 bits per heavy atom. The molecule has 1 fully saturated rings.